The highest BCUT2D eigenvalue weighted by Gasteiger charge is 2.33. The van der Waals surface area contributed by atoms with E-state index in [1.165, 1.54) is 0 Å². The molecule has 0 aliphatic carbocycles. The second-order valence-electron chi connectivity index (χ2n) is 6.84. The second-order valence-corrected chi connectivity index (χ2v) is 6.84. The van der Waals surface area contributed by atoms with Crippen LogP contribution in [0.3, 0.4) is 0 Å². The fourth-order valence-electron chi connectivity index (χ4n) is 3.09. The maximum absolute atomic E-state index is 11.9. The molecular formula is C21H23NO4. The molecule has 5 nitrogen and oxygen atoms in total. The predicted octanol–water partition coefficient (Wildman–Crippen LogP) is 3.57. The number of aryl methyl sites for hydroxylation is 2. The van der Waals surface area contributed by atoms with Crippen molar-refractivity contribution < 1.29 is 19.4 Å². The minimum Gasteiger partial charge on any atom is -0.481 e. The van der Waals surface area contributed by atoms with Crippen molar-refractivity contribution in [1.82, 2.24) is 4.90 Å². The molecule has 1 amide bonds. The van der Waals surface area contributed by atoms with Crippen molar-refractivity contribution in [2.75, 3.05) is 13.1 Å². The molecule has 1 aliphatic heterocycles. The average Bonchev–Trinajstić information content (AvgIpc) is 2.99. The van der Waals surface area contributed by atoms with Crippen molar-refractivity contribution in [2.24, 2.45) is 5.92 Å². The van der Waals surface area contributed by atoms with Crippen LogP contribution in [0.1, 0.15) is 23.1 Å². The standard InChI is InChI=1S/C21H23NO4/c1-14-3-4-15(2)19(11-14)26-18-7-5-16(6-8-18)9-10-22-13-17(21(24)25)12-20(22)23/h3-8,11,17H,9-10,12-13H2,1-2H3,(H,24,25). The van der Waals surface area contributed by atoms with E-state index in [2.05, 4.69) is 6.07 Å². The SMILES string of the molecule is Cc1ccc(C)c(Oc2ccc(CCN3CC(C(=O)O)CC3=O)cc2)c1. The normalized spacial score (nSPS) is 16.8. The zero-order valence-electron chi connectivity index (χ0n) is 15.1. The summed E-state index contributed by atoms with van der Waals surface area (Å²) in [6.45, 7) is 4.90. The molecule has 0 radical (unpaired) electrons. The molecule has 0 bridgehead atoms. The first-order valence-corrected chi connectivity index (χ1v) is 8.77. The van der Waals surface area contributed by atoms with Crippen LogP contribution in [-0.2, 0) is 16.0 Å². The van der Waals surface area contributed by atoms with E-state index in [0.29, 0.717) is 19.5 Å². The Hall–Kier alpha value is -2.82. The summed E-state index contributed by atoms with van der Waals surface area (Å²) < 4.78 is 5.95. The smallest absolute Gasteiger partial charge is 0.308 e. The lowest BCUT2D eigenvalue weighted by molar-refractivity contribution is -0.141. The number of hydrogen-bond acceptors (Lipinski definition) is 3. The molecule has 1 unspecified atom stereocenters. The van der Waals surface area contributed by atoms with Crippen LogP contribution in [0.5, 0.6) is 11.5 Å². The van der Waals surface area contributed by atoms with E-state index >= 15 is 0 Å². The summed E-state index contributed by atoms with van der Waals surface area (Å²) in [4.78, 5) is 24.5. The number of likely N-dealkylation sites (tertiary alicyclic amines) is 1. The van der Waals surface area contributed by atoms with Gasteiger partial charge in [0.25, 0.3) is 0 Å². The monoisotopic (exact) mass is 353 g/mol. The van der Waals surface area contributed by atoms with Crippen molar-refractivity contribution in [1.29, 1.82) is 0 Å². The van der Waals surface area contributed by atoms with Gasteiger partial charge in [-0.25, -0.2) is 0 Å². The fraction of sp³-hybridized carbons (Fsp3) is 0.333. The van der Waals surface area contributed by atoms with Gasteiger partial charge in [-0.2, -0.15) is 0 Å². The molecule has 0 spiro atoms. The number of rotatable bonds is 6. The van der Waals surface area contributed by atoms with Crippen molar-refractivity contribution in [3.05, 3.63) is 59.2 Å². The fourth-order valence-corrected chi connectivity index (χ4v) is 3.09. The van der Waals surface area contributed by atoms with Crippen molar-refractivity contribution in [3.63, 3.8) is 0 Å². The van der Waals surface area contributed by atoms with Gasteiger partial charge >= 0.3 is 5.97 Å². The predicted molar refractivity (Wildman–Crippen MR) is 98.5 cm³/mol. The number of aliphatic carboxylic acids is 1. The Morgan fingerprint density at radius 2 is 1.92 bits per heavy atom. The lowest BCUT2D eigenvalue weighted by Gasteiger charge is -2.16. The van der Waals surface area contributed by atoms with Gasteiger partial charge in [-0.1, -0.05) is 24.3 Å². The van der Waals surface area contributed by atoms with Gasteiger partial charge < -0.3 is 14.7 Å². The molecule has 2 aromatic rings. The van der Waals surface area contributed by atoms with E-state index in [1.807, 2.05) is 50.2 Å². The third-order valence-corrected chi connectivity index (χ3v) is 4.73. The maximum Gasteiger partial charge on any atom is 0.308 e. The van der Waals surface area contributed by atoms with E-state index in [-0.39, 0.29) is 12.3 Å². The van der Waals surface area contributed by atoms with Crippen LogP contribution in [0.2, 0.25) is 0 Å². The Balaban J connectivity index is 1.57. The van der Waals surface area contributed by atoms with Crippen LogP contribution in [0.15, 0.2) is 42.5 Å². The highest BCUT2D eigenvalue weighted by molar-refractivity contribution is 5.86. The van der Waals surface area contributed by atoms with E-state index in [9.17, 15) is 9.59 Å². The molecule has 5 heteroatoms. The van der Waals surface area contributed by atoms with Gasteiger partial charge in [0.15, 0.2) is 0 Å². The summed E-state index contributed by atoms with van der Waals surface area (Å²) in [6.07, 6.45) is 0.805. The number of ether oxygens (including phenoxy) is 1. The Labute approximate surface area is 153 Å². The molecule has 1 aliphatic rings. The number of nitrogens with zero attached hydrogens (tertiary/aromatic N) is 1. The van der Waals surface area contributed by atoms with Crippen LogP contribution >= 0.6 is 0 Å². The molecule has 1 N–H and O–H groups in total. The molecule has 1 saturated heterocycles. The molecule has 0 aromatic heterocycles. The van der Waals surface area contributed by atoms with Gasteiger partial charge in [-0.15, -0.1) is 0 Å². The third-order valence-electron chi connectivity index (χ3n) is 4.73. The number of carboxylic acid groups (broad SMARTS) is 1. The van der Waals surface area contributed by atoms with Crippen molar-refractivity contribution >= 4 is 11.9 Å². The van der Waals surface area contributed by atoms with Gasteiger partial charge in [-0.05, 0) is 55.2 Å². The molecule has 1 atom stereocenters. The molecule has 26 heavy (non-hydrogen) atoms. The lowest BCUT2D eigenvalue weighted by atomic mass is 10.1. The number of amides is 1. The summed E-state index contributed by atoms with van der Waals surface area (Å²) in [5.74, 6) is 0.0719. The van der Waals surface area contributed by atoms with Crippen LogP contribution < -0.4 is 4.74 Å². The van der Waals surface area contributed by atoms with Gasteiger partial charge in [0.05, 0.1) is 5.92 Å². The van der Waals surface area contributed by atoms with Gasteiger partial charge in [-0.3, -0.25) is 9.59 Å². The largest absolute Gasteiger partial charge is 0.481 e. The summed E-state index contributed by atoms with van der Waals surface area (Å²) in [5.41, 5.74) is 3.32. The van der Waals surface area contributed by atoms with Gasteiger partial charge in [0, 0.05) is 19.5 Å². The minimum absolute atomic E-state index is 0.0766. The average molecular weight is 353 g/mol. The van der Waals surface area contributed by atoms with Crippen LogP contribution in [-0.4, -0.2) is 35.0 Å². The molecule has 0 saturated carbocycles. The molecular weight excluding hydrogens is 330 g/mol. The Morgan fingerprint density at radius 3 is 2.58 bits per heavy atom. The number of carbonyl (C=O) groups is 2. The van der Waals surface area contributed by atoms with E-state index < -0.39 is 11.9 Å². The quantitative estimate of drug-likeness (QED) is 0.862. The highest BCUT2D eigenvalue weighted by atomic mass is 16.5. The number of hydrogen-bond donors (Lipinski definition) is 1. The molecule has 3 rings (SSSR count). The molecule has 1 fully saturated rings. The first-order chi connectivity index (χ1) is 12.4. The second kappa shape index (κ2) is 7.60. The van der Waals surface area contributed by atoms with E-state index in [4.69, 9.17) is 9.84 Å². The molecule has 136 valence electrons. The summed E-state index contributed by atoms with van der Waals surface area (Å²) in [5, 5.41) is 9.03. The number of benzene rings is 2. The first kappa shape index (κ1) is 18.0. The van der Waals surface area contributed by atoms with Crippen LogP contribution in [0.4, 0.5) is 0 Å². The van der Waals surface area contributed by atoms with E-state index in [1.54, 1.807) is 4.90 Å². The highest BCUT2D eigenvalue weighted by Crippen LogP contribution is 2.26. The van der Waals surface area contributed by atoms with Crippen molar-refractivity contribution in [2.45, 2.75) is 26.7 Å². The Morgan fingerprint density at radius 1 is 1.19 bits per heavy atom. The van der Waals surface area contributed by atoms with Crippen molar-refractivity contribution in [3.8, 4) is 11.5 Å². The third kappa shape index (κ3) is 4.23. The summed E-state index contributed by atoms with van der Waals surface area (Å²) in [7, 11) is 0. The first-order valence-electron chi connectivity index (χ1n) is 8.77. The molecule has 2 aromatic carbocycles. The minimum atomic E-state index is -0.895. The Kier molecular flexibility index (Phi) is 5.26. The maximum atomic E-state index is 11.9. The van der Waals surface area contributed by atoms with Gasteiger partial charge in [0.2, 0.25) is 5.91 Å². The van der Waals surface area contributed by atoms with Crippen LogP contribution in [0.25, 0.3) is 0 Å². The number of carboxylic acids is 1. The topological polar surface area (TPSA) is 66.8 Å². The Bertz CT molecular complexity index is 813. The van der Waals surface area contributed by atoms with Gasteiger partial charge in [0.1, 0.15) is 11.5 Å². The van der Waals surface area contributed by atoms with Crippen LogP contribution in [0, 0.1) is 19.8 Å². The zero-order valence-corrected chi connectivity index (χ0v) is 15.1. The summed E-state index contributed by atoms with van der Waals surface area (Å²) in [6, 6.07) is 13.9. The lowest BCUT2D eigenvalue weighted by Crippen LogP contribution is -2.28. The zero-order chi connectivity index (χ0) is 18.7. The number of carbonyl (C=O) groups excluding carboxylic acids is 1. The summed E-state index contributed by atoms with van der Waals surface area (Å²) >= 11 is 0. The van der Waals surface area contributed by atoms with E-state index in [0.717, 1.165) is 28.2 Å². The molecule has 1 heterocycles.